The van der Waals surface area contributed by atoms with Gasteiger partial charge in [0.05, 0.1) is 64.2 Å². The maximum atomic E-state index is 15.6. The molecule has 1 aliphatic carbocycles. The molecule has 4 aromatic rings. The van der Waals surface area contributed by atoms with Gasteiger partial charge in [-0.15, -0.1) is 0 Å². The molecule has 25 atom stereocenters. The molecule has 0 spiro atoms. The zero-order chi connectivity index (χ0) is 63.9. The number of phenolic OH excluding ortho intramolecular Hbond substituents is 5. The molecule has 0 saturated carbocycles. The average Bonchev–Trinajstić information content (AvgIpc) is 1.63. The highest BCUT2D eigenvalue weighted by Crippen LogP contribution is 2.68. The minimum Gasteiger partial charge on any atom is -0.508 e. The number of methoxy groups -OCH3 is 3. The van der Waals surface area contributed by atoms with Crippen LogP contribution in [0.4, 0.5) is 0 Å². The number of Topliss-reactive ketones (excluding diaryl/α,β-unsaturated/α-hetero) is 1. The first-order valence-electron chi connectivity index (χ1n) is 28.0. The fourth-order valence-electron chi connectivity index (χ4n) is 12.9. The Morgan fingerprint density at radius 3 is 1.53 bits per heavy atom. The maximum absolute atomic E-state index is 15.6. The van der Waals surface area contributed by atoms with Gasteiger partial charge in [0, 0.05) is 40.5 Å². The second kappa shape index (κ2) is 23.0. The molecular formula is C57H66O32. The largest absolute Gasteiger partial charge is 0.508 e. The molecule has 4 aromatic carbocycles. The molecule has 4 saturated heterocycles. The van der Waals surface area contributed by atoms with Crippen molar-refractivity contribution in [3.8, 4) is 63.2 Å². The molecule has 0 unspecified atom stereocenters. The van der Waals surface area contributed by atoms with Gasteiger partial charge in [0.25, 0.3) is 5.79 Å². The van der Waals surface area contributed by atoms with Crippen molar-refractivity contribution in [2.45, 2.75) is 166 Å². The molecule has 32 nitrogen and oxygen atoms in total. The van der Waals surface area contributed by atoms with Gasteiger partial charge in [-0.25, -0.2) is 0 Å². The summed E-state index contributed by atoms with van der Waals surface area (Å²) in [6, 6.07) is 7.61. The zero-order valence-electron chi connectivity index (χ0n) is 47.5. The number of phenols is 5. The van der Waals surface area contributed by atoms with E-state index in [4.69, 9.17) is 66.3 Å². The number of aromatic hydroxyl groups is 5. The van der Waals surface area contributed by atoms with Crippen molar-refractivity contribution in [1.29, 1.82) is 0 Å². The van der Waals surface area contributed by atoms with Crippen molar-refractivity contribution in [2.75, 3.05) is 34.5 Å². The summed E-state index contributed by atoms with van der Waals surface area (Å²) in [7, 11) is 3.56. The topological polar surface area (TPSA) is 490 Å². The standard InChI is InChI=1S/C57H66O32/c1-15-36(62)41(67)45(71)52(81-15)79-13-29-39(65)43(69)47(73)54(83-29)85-51-34-31-22(60)8-18(58)9-25(31)86-56(51,17-6-27(77-4)38(64)28(7-17)78-5)87-26-12-23(61)32-35-19-10-21(59)24(76-3)11-20(19)50(75)57(35,88-49(32)33(26)34)89-55-48(74)44(70)40(66)30(84-55)14-80-53-46(72)42(68)37(63)16(2)82-53/h6-12,15-16,29-30,34-37,39-48,51-55,58-74H,13-14H2,1-5H3/t15-,16-,29+,30+,34-,35-,36-,37-,39+,40+,41+,42+,43-,44-,45+,46+,47+,48+,51-,52+,53+,54-,55-,56+,57-/m0/s1. The van der Waals surface area contributed by atoms with Crippen LogP contribution in [0.1, 0.15) is 63.9 Å². The molecule has 7 heterocycles. The highest BCUT2D eigenvalue weighted by Gasteiger charge is 2.70. The van der Waals surface area contributed by atoms with Crippen LogP contribution >= 0.6 is 0 Å². The van der Waals surface area contributed by atoms with Crippen molar-refractivity contribution < 1.29 is 158 Å². The van der Waals surface area contributed by atoms with Gasteiger partial charge in [-0.1, -0.05) is 0 Å². The average molecular weight is 1260 g/mol. The number of fused-ring (bicyclic) bond motifs is 12. The summed E-state index contributed by atoms with van der Waals surface area (Å²) >= 11 is 0. The maximum Gasteiger partial charge on any atom is 0.305 e. The molecule has 4 fully saturated rings. The molecule has 7 aliphatic heterocycles. The van der Waals surface area contributed by atoms with E-state index in [1.165, 1.54) is 47.3 Å². The van der Waals surface area contributed by atoms with Crippen LogP contribution in [0.2, 0.25) is 0 Å². The van der Waals surface area contributed by atoms with Crippen LogP contribution in [0, 0.1) is 0 Å². The zero-order valence-corrected chi connectivity index (χ0v) is 47.5. The Morgan fingerprint density at radius 1 is 0.483 bits per heavy atom. The number of ketones is 1. The van der Waals surface area contributed by atoms with Crippen molar-refractivity contribution in [2.24, 2.45) is 0 Å². The highest BCUT2D eigenvalue weighted by molar-refractivity contribution is 6.09. The van der Waals surface area contributed by atoms with Crippen molar-refractivity contribution >= 4 is 5.78 Å². The quantitative estimate of drug-likeness (QED) is 0.0574. The first-order chi connectivity index (χ1) is 42.2. The molecule has 32 heteroatoms. The number of hydrogen-bond donors (Lipinski definition) is 17. The lowest BCUT2D eigenvalue weighted by Crippen LogP contribution is -2.64. The van der Waals surface area contributed by atoms with E-state index in [0.29, 0.717) is 0 Å². The van der Waals surface area contributed by atoms with E-state index in [-0.39, 0.29) is 56.4 Å². The van der Waals surface area contributed by atoms with E-state index < -0.39 is 212 Å². The summed E-state index contributed by atoms with van der Waals surface area (Å²) in [5, 5.41) is 191. The summed E-state index contributed by atoms with van der Waals surface area (Å²) in [5.74, 6) is -15.5. The number of carbonyl (C=O) groups excluding carboxylic acids is 1. The number of hydrogen-bond acceptors (Lipinski definition) is 32. The van der Waals surface area contributed by atoms with Crippen LogP contribution in [-0.4, -0.2) is 262 Å². The molecule has 0 amide bonds. The number of rotatable bonds is 14. The van der Waals surface area contributed by atoms with Gasteiger partial charge in [0.2, 0.25) is 11.5 Å². The Morgan fingerprint density at radius 2 is 0.978 bits per heavy atom. The van der Waals surface area contributed by atoms with Gasteiger partial charge in [0.1, 0.15) is 120 Å². The normalized spacial score (nSPS) is 40.1. The Balaban J connectivity index is 1.01. The van der Waals surface area contributed by atoms with E-state index in [1.807, 2.05) is 0 Å². The van der Waals surface area contributed by atoms with E-state index in [0.717, 1.165) is 30.3 Å². The fraction of sp³-hybridized carbons (Fsp3) is 0.561. The van der Waals surface area contributed by atoms with Crippen molar-refractivity contribution in [1.82, 2.24) is 0 Å². The summed E-state index contributed by atoms with van der Waals surface area (Å²) in [4.78, 5) is 15.6. The minimum atomic E-state index is -2.93. The highest BCUT2D eigenvalue weighted by atomic mass is 16.8. The molecule has 17 N–H and O–H groups in total. The van der Waals surface area contributed by atoms with Crippen LogP contribution in [0.15, 0.2) is 42.5 Å². The number of carbonyl (C=O) groups is 1. The molecular weight excluding hydrogens is 1200 g/mol. The first-order valence-corrected chi connectivity index (χ1v) is 28.0. The summed E-state index contributed by atoms with van der Waals surface area (Å²) in [6.45, 7) is 1.20. The van der Waals surface area contributed by atoms with Crippen LogP contribution < -0.4 is 28.4 Å². The van der Waals surface area contributed by atoms with Crippen LogP contribution in [0.3, 0.4) is 0 Å². The lowest BCUT2D eigenvalue weighted by atomic mass is 9.74. The fourth-order valence-corrected chi connectivity index (χ4v) is 12.9. The Labute approximate surface area is 502 Å². The predicted octanol–water partition coefficient (Wildman–Crippen LogP) is -3.87. The monoisotopic (exact) mass is 1260 g/mol. The second-order valence-electron chi connectivity index (χ2n) is 22.9. The number of aliphatic hydroxyl groups is 12. The number of aliphatic hydroxyl groups excluding tert-OH is 12. The van der Waals surface area contributed by atoms with Gasteiger partial charge >= 0.3 is 5.79 Å². The third kappa shape index (κ3) is 9.79. The summed E-state index contributed by atoms with van der Waals surface area (Å²) < 4.78 is 84.9. The van der Waals surface area contributed by atoms with E-state index in [9.17, 15) is 86.8 Å². The van der Waals surface area contributed by atoms with Crippen molar-refractivity contribution in [3.05, 3.63) is 75.8 Å². The van der Waals surface area contributed by atoms with E-state index in [1.54, 1.807) is 0 Å². The Hall–Kier alpha value is -6.45. The molecule has 12 rings (SSSR count). The lowest BCUT2D eigenvalue weighted by molar-refractivity contribution is -0.355. The molecule has 486 valence electrons. The van der Waals surface area contributed by atoms with Gasteiger partial charge in [-0.2, -0.15) is 0 Å². The van der Waals surface area contributed by atoms with Gasteiger partial charge in [-0.05, 0) is 43.7 Å². The predicted molar refractivity (Wildman–Crippen MR) is 284 cm³/mol. The third-order valence-electron chi connectivity index (χ3n) is 17.6. The molecule has 2 bridgehead atoms. The SMILES string of the molecule is COc1cc2c(cc1O)[C@H]1c3c(O)cc4c(c3O[C@@]1(O[C@@H]1O[C@H](CO[C@@H]3O[C@@H](C)[C@H](O)[C@@H](O)[C@H]3O)[C@@H](O)[C@H](O)[C@H]1O)C2=O)[C@@H]1c2c(O)cc(O)cc2O[C@](c2cc(OC)c(O)c(OC)c2)(O4)[C@H]1O[C@@H]1O[C@H](CO[C@@H]2O[C@@H](C)[C@H](O)[C@@H](O)[C@H]2O)[C@@H](O)[C@H](O)[C@H]1O. The Bertz CT molecular complexity index is 3340. The summed E-state index contributed by atoms with van der Waals surface area (Å²) in [5.41, 5.74) is -1.49. The van der Waals surface area contributed by atoms with Gasteiger partial charge < -0.3 is 153 Å². The number of ether oxygens (including phenoxy) is 14. The smallest absolute Gasteiger partial charge is 0.305 e. The molecule has 89 heavy (non-hydrogen) atoms. The molecule has 0 radical (unpaired) electrons. The van der Waals surface area contributed by atoms with Crippen LogP contribution in [-0.2, 0) is 43.7 Å². The molecule has 8 aliphatic rings. The third-order valence-corrected chi connectivity index (χ3v) is 17.6. The van der Waals surface area contributed by atoms with Crippen LogP contribution in [0.5, 0.6) is 63.2 Å². The summed E-state index contributed by atoms with van der Waals surface area (Å²) in [6.07, 6.45) is -38.4. The van der Waals surface area contributed by atoms with Gasteiger partial charge in [0.15, 0.2) is 54.3 Å². The Kier molecular flexibility index (Phi) is 16.2. The van der Waals surface area contributed by atoms with Gasteiger partial charge in [-0.3, -0.25) is 4.79 Å². The van der Waals surface area contributed by atoms with E-state index in [2.05, 4.69) is 0 Å². The van der Waals surface area contributed by atoms with Crippen LogP contribution in [0.25, 0.3) is 0 Å². The number of benzene rings is 4. The molecule has 0 aromatic heterocycles. The minimum absolute atomic E-state index is 0.125. The second-order valence-corrected chi connectivity index (χ2v) is 22.9. The van der Waals surface area contributed by atoms with Crippen molar-refractivity contribution in [3.63, 3.8) is 0 Å². The van der Waals surface area contributed by atoms with E-state index >= 15 is 4.79 Å². The lowest BCUT2D eigenvalue weighted by Gasteiger charge is -2.53. The first kappa shape index (κ1) is 62.7.